The number of rotatable bonds is 1. The maximum atomic E-state index is 11.9. The van der Waals surface area contributed by atoms with E-state index in [1.165, 1.54) is 24.6 Å². The Morgan fingerprint density at radius 2 is 2.17 bits per heavy atom. The molecule has 0 atom stereocenters. The van der Waals surface area contributed by atoms with Gasteiger partial charge in [0.15, 0.2) is 5.17 Å². The van der Waals surface area contributed by atoms with E-state index in [4.69, 9.17) is 0 Å². The number of aromatic nitrogens is 1. The fourth-order valence-electron chi connectivity index (χ4n) is 2.20. The summed E-state index contributed by atoms with van der Waals surface area (Å²) in [5.74, 6) is -0.108. The number of likely N-dealkylation sites (tertiary alicyclic amines) is 1. The number of carbonyl (C=O) groups is 1. The Hall–Kier alpha value is -1.49. The first kappa shape index (κ1) is 11.6. The first-order valence-corrected chi connectivity index (χ1v) is 6.94. The zero-order valence-electron chi connectivity index (χ0n) is 10.3. The highest BCUT2D eigenvalue weighted by molar-refractivity contribution is 8.18. The second-order valence-electron chi connectivity index (χ2n) is 4.55. The quantitative estimate of drug-likeness (QED) is 0.726. The number of nitrogens with zero attached hydrogens (tertiary/aromatic N) is 3. The molecule has 0 aliphatic carbocycles. The van der Waals surface area contributed by atoms with Gasteiger partial charge in [-0.3, -0.25) is 4.79 Å². The van der Waals surface area contributed by atoms with E-state index < -0.39 is 0 Å². The number of aliphatic imine (C=N–C) groups is 1. The molecule has 2 aliphatic heterocycles. The van der Waals surface area contributed by atoms with Crippen molar-refractivity contribution >= 4 is 28.9 Å². The largest absolute Gasteiger partial charge is 0.351 e. The van der Waals surface area contributed by atoms with E-state index in [0.29, 0.717) is 0 Å². The smallest absolute Gasteiger partial charge is 0.286 e. The SMILES string of the molecule is Cn1cccc1/C=C1\SC(N2CCCC2)=NC1=O. The molecule has 0 bridgehead atoms. The van der Waals surface area contributed by atoms with Crippen molar-refractivity contribution in [2.24, 2.45) is 12.0 Å². The Labute approximate surface area is 110 Å². The van der Waals surface area contributed by atoms with Crippen LogP contribution in [0.15, 0.2) is 28.2 Å². The van der Waals surface area contributed by atoms with E-state index >= 15 is 0 Å². The van der Waals surface area contributed by atoms with Crippen LogP contribution < -0.4 is 0 Å². The summed E-state index contributed by atoms with van der Waals surface area (Å²) < 4.78 is 1.99. The van der Waals surface area contributed by atoms with Crippen molar-refractivity contribution in [1.82, 2.24) is 9.47 Å². The average Bonchev–Trinajstić information content (AvgIpc) is 3.03. The van der Waals surface area contributed by atoms with E-state index in [2.05, 4.69) is 9.89 Å². The number of carbonyl (C=O) groups excluding carboxylic acids is 1. The minimum atomic E-state index is -0.108. The number of hydrogen-bond acceptors (Lipinski definition) is 3. The molecule has 94 valence electrons. The predicted octanol–water partition coefficient (Wildman–Crippen LogP) is 2.09. The van der Waals surface area contributed by atoms with Gasteiger partial charge < -0.3 is 9.47 Å². The Morgan fingerprint density at radius 1 is 1.39 bits per heavy atom. The molecule has 2 aliphatic rings. The molecular formula is C13H15N3OS. The van der Waals surface area contributed by atoms with Crippen molar-refractivity contribution in [3.63, 3.8) is 0 Å². The van der Waals surface area contributed by atoms with Gasteiger partial charge in [0.2, 0.25) is 0 Å². The minimum absolute atomic E-state index is 0.108. The molecule has 18 heavy (non-hydrogen) atoms. The molecule has 0 unspecified atom stereocenters. The zero-order valence-corrected chi connectivity index (χ0v) is 11.1. The molecule has 0 radical (unpaired) electrons. The topological polar surface area (TPSA) is 37.6 Å². The van der Waals surface area contributed by atoms with Gasteiger partial charge in [-0.1, -0.05) is 0 Å². The molecule has 4 nitrogen and oxygen atoms in total. The Kier molecular flexibility index (Phi) is 2.99. The van der Waals surface area contributed by atoms with Gasteiger partial charge in [0.1, 0.15) is 0 Å². The summed E-state index contributed by atoms with van der Waals surface area (Å²) in [4.78, 5) is 18.9. The summed E-state index contributed by atoms with van der Waals surface area (Å²) in [6.07, 6.45) is 6.29. The van der Waals surface area contributed by atoms with Gasteiger partial charge in [-0.05, 0) is 42.8 Å². The second-order valence-corrected chi connectivity index (χ2v) is 5.56. The minimum Gasteiger partial charge on any atom is -0.351 e. The fourth-order valence-corrected chi connectivity index (χ4v) is 3.15. The maximum absolute atomic E-state index is 11.9. The van der Waals surface area contributed by atoms with E-state index in [9.17, 15) is 4.79 Å². The Morgan fingerprint density at radius 3 is 2.83 bits per heavy atom. The van der Waals surface area contributed by atoms with Crippen LogP contribution >= 0.6 is 11.8 Å². The number of hydrogen-bond donors (Lipinski definition) is 0. The van der Waals surface area contributed by atoms with Crippen LogP contribution in [0.4, 0.5) is 0 Å². The average molecular weight is 261 g/mol. The summed E-state index contributed by atoms with van der Waals surface area (Å²) in [6, 6.07) is 3.97. The van der Waals surface area contributed by atoms with Crippen molar-refractivity contribution in [1.29, 1.82) is 0 Å². The summed E-state index contributed by atoms with van der Waals surface area (Å²) in [5, 5.41) is 0.873. The molecule has 3 rings (SSSR count). The van der Waals surface area contributed by atoms with Gasteiger partial charge in [-0.2, -0.15) is 4.99 Å². The lowest BCUT2D eigenvalue weighted by Gasteiger charge is -2.14. The van der Waals surface area contributed by atoms with Crippen LogP contribution in [0.2, 0.25) is 0 Å². The third kappa shape index (κ3) is 2.10. The normalized spacial score (nSPS) is 22.1. The molecule has 1 fully saturated rings. The summed E-state index contributed by atoms with van der Waals surface area (Å²) >= 11 is 1.50. The Balaban J connectivity index is 1.79. The molecule has 0 saturated carbocycles. The third-order valence-corrected chi connectivity index (χ3v) is 4.29. The highest BCUT2D eigenvalue weighted by Gasteiger charge is 2.27. The number of thioether (sulfide) groups is 1. The van der Waals surface area contributed by atoms with Gasteiger partial charge in [0, 0.05) is 32.0 Å². The van der Waals surface area contributed by atoms with E-state index in [1.54, 1.807) is 0 Å². The molecule has 1 aromatic rings. The van der Waals surface area contributed by atoms with Crippen molar-refractivity contribution in [3.8, 4) is 0 Å². The van der Waals surface area contributed by atoms with Crippen LogP contribution in [-0.2, 0) is 11.8 Å². The van der Waals surface area contributed by atoms with Crippen LogP contribution in [-0.4, -0.2) is 33.6 Å². The molecule has 0 aromatic carbocycles. The van der Waals surface area contributed by atoms with E-state index in [0.717, 1.165) is 28.9 Å². The van der Waals surface area contributed by atoms with Gasteiger partial charge in [0.05, 0.1) is 4.91 Å². The summed E-state index contributed by atoms with van der Waals surface area (Å²) in [5.41, 5.74) is 1.03. The van der Waals surface area contributed by atoms with Gasteiger partial charge in [0.25, 0.3) is 5.91 Å². The van der Waals surface area contributed by atoms with Crippen LogP contribution in [0.3, 0.4) is 0 Å². The fraction of sp³-hybridized carbons (Fsp3) is 0.385. The van der Waals surface area contributed by atoms with Gasteiger partial charge in [-0.25, -0.2) is 0 Å². The lowest BCUT2D eigenvalue weighted by Crippen LogP contribution is -2.23. The summed E-state index contributed by atoms with van der Waals surface area (Å²) in [7, 11) is 1.97. The molecule has 5 heteroatoms. The van der Waals surface area contributed by atoms with Gasteiger partial charge >= 0.3 is 0 Å². The van der Waals surface area contributed by atoms with Crippen molar-refractivity contribution in [2.45, 2.75) is 12.8 Å². The van der Waals surface area contributed by atoms with Crippen molar-refractivity contribution in [2.75, 3.05) is 13.1 Å². The van der Waals surface area contributed by atoms with Gasteiger partial charge in [-0.15, -0.1) is 0 Å². The molecule has 1 saturated heterocycles. The third-order valence-electron chi connectivity index (χ3n) is 3.25. The van der Waals surface area contributed by atoms with Crippen LogP contribution in [0, 0.1) is 0 Å². The highest BCUT2D eigenvalue weighted by Crippen LogP contribution is 2.31. The monoisotopic (exact) mass is 261 g/mol. The van der Waals surface area contributed by atoms with Crippen molar-refractivity contribution < 1.29 is 4.79 Å². The number of amidine groups is 1. The van der Waals surface area contributed by atoms with Crippen LogP contribution in [0.5, 0.6) is 0 Å². The van der Waals surface area contributed by atoms with Crippen LogP contribution in [0.1, 0.15) is 18.5 Å². The van der Waals surface area contributed by atoms with Crippen LogP contribution in [0.25, 0.3) is 6.08 Å². The molecule has 3 heterocycles. The van der Waals surface area contributed by atoms with E-state index in [-0.39, 0.29) is 5.91 Å². The number of aryl methyl sites for hydroxylation is 1. The molecular weight excluding hydrogens is 246 g/mol. The lowest BCUT2D eigenvalue weighted by atomic mass is 10.3. The first-order chi connectivity index (χ1) is 8.74. The molecule has 1 amide bonds. The lowest BCUT2D eigenvalue weighted by molar-refractivity contribution is -0.113. The zero-order chi connectivity index (χ0) is 12.5. The number of amides is 1. The highest BCUT2D eigenvalue weighted by atomic mass is 32.2. The van der Waals surface area contributed by atoms with Crippen molar-refractivity contribution in [3.05, 3.63) is 28.9 Å². The summed E-state index contributed by atoms with van der Waals surface area (Å²) in [6.45, 7) is 2.05. The Bertz CT molecular complexity index is 538. The molecule has 1 aromatic heterocycles. The van der Waals surface area contributed by atoms with E-state index in [1.807, 2.05) is 36.0 Å². The standard InChI is InChI=1S/C13H15N3OS/c1-15-6-4-5-10(15)9-11-12(17)14-13(18-11)16-7-2-3-8-16/h4-6,9H,2-3,7-8H2,1H3/b11-9-. The maximum Gasteiger partial charge on any atom is 0.286 e. The molecule has 0 spiro atoms. The molecule has 0 N–H and O–H groups in total. The second kappa shape index (κ2) is 4.65. The predicted molar refractivity (Wildman–Crippen MR) is 74.2 cm³/mol. The first-order valence-electron chi connectivity index (χ1n) is 6.13.